The molecule has 0 fully saturated rings. The number of aliphatic hydroxyl groups excluding tert-OH is 1. The fourth-order valence-corrected chi connectivity index (χ4v) is 2.50. The molecule has 3 N–H and O–H groups in total. The summed E-state index contributed by atoms with van der Waals surface area (Å²) in [6, 6.07) is 8.42. The van der Waals surface area contributed by atoms with Gasteiger partial charge in [-0.2, -0.15) is 0 Å². The van der Waals surface area contributed by atoms with E-state index in [1.165, 1.54) is 11.1 Å². The topological polar surface area (TPSA) is 58.7 Å². The van der Waals surface area contributed by atoms with Crippen molar-refractivity contribution in [2.45, 2.75) is 32.0 Å². The predicted molar refractivity (Wildman–Crippen MR) is 78.1 cm³/mol. The number of methoxy groups -OCH3 is 1. The normalized spacial score (nSPS) is 16.4. The molecule has 0 heterocycles. The Morgan fingerprint density at radius 1 is 1.42 bits per heavy atom. The number of rotatable bonds is 7. The number of hydrogen-bond acceptors (Lipinski definition) is 4. The van der Waals surface area contributed by atoms with Crippen LogP contribution in [0.2, 0.25) is 0 Å². The standard InChI is InChI=1S/C15H26N2O2/c1-11-6-5-7-13(8-11)15(12(2)16)17(3)9-14(18)10-19-4/h5-8,12,14-15,18H,9-10,16H2,1-4H3. The van der Waals surface area contributed by atoms with Crippen molar-refractivity contribution >= 4 is 0 Å². The highest BCUT2D eigenvalue weighted by molar-refractivity contribution is 5.26. The van der Waals surface area contributed by atoms with Crippen LogP contribution < -0.4 is 5.73 Å². The van der Waals surface area contributed by atoms with E-state index >= 15 is 0 Å². The molecule has 3 unspecified atom stereocenters. The van der Waals surface area contributed by atoms with Gasteiger partial charge < -0.3 is 15.6 Å². The molecule has 0 aliphatic heterocycles. The van der Waals surface area contributed by atoms with Gasteiger partial charge in [0, 0.05) is 25.7 Å². The van der Waals surface area contributed by atoms with Crippen LogP contribution in [0, 0.1) is 6.92 Å². The molecule has 0 saturated heterocycles. The Balaban J connectivity index is 2.82. The SMILES string of the molecule is COCC(O)CN(C)C(c1cccc(C)c1)C(C)N. The Hall–Kier alpha value is -0.940. The van der Waals surface area contributed by atoms with E-state index < -0.39 is 6.10 Å². The highest BCUT2D eigenvalue weighted by Crippen LogP contribution is 2.23. The molecule has 0 aromatic heterocycles. The number of benzene rings is 1. The van der Waals surface area contributed by atoms with Gasteiger partial charge in [0.15, 0.2) is 0 Å². The Kier molecular flexibility index (Phi) is 6.45. The van der Waals surface area contributed by atoms with Crippen LogP contribution in [0.5, 0.6) is 0 Å². The summed E-state index contributed by atoms with van der Waals surface area (Å²) < 4.78 is 4.96. The lowest BCUT2D eigenvalue weighted by Crippen LogP contribution is -2.41. The zero-order chi connectivity index (χ0) is 14.4. The molecule has 19 heavy (non-hydrogen) atoms. The van der Waals surface area contributed by atoms with Gasteiger partial charge in [-0.05, 0) is 26.5 Å². The molecule has 1 aromatic carbocycles. The van der Waals surface area contributed by atoms with Gasteiger partial charge in [-0.15, -0.1) is 0 Å². The summed E-state index contributed by atoms with van der Waals surface area (Å²) in [7, 11) is 3.57. The van der Waals surface area contributed by atoms with Crippen molar-refractivity contribution in [3.63, 3.8) is 0 Å². The first-order valence-corrected chi connectivity index (χ1v) is 6.65. The first-order chi connectivity index (χ1) is 8.95. The fourth-order valence-electron chi connectivity index (χ4n) is 2.50. The van der Waals surface area contributed by atoms with Crippen LogP contribution in [-0.2, 0) is 4.74 Å². The summed E-state index contributed by atoms with van der Waals surface area (Å²) in [5, 5.41) is 9.84. The van der Waals surface area contributed by atoms with Gasteiger partial charge in [0.05, 0.1) is 12.7 Å². The Labute approximate surface area is 116 Å². The van der Waals surface area contributed by atoms with Crippen molar-refractivity contribution in [1.82, 2.24) is 4.90 Å². The van der Waals surface area contributed by atoms with E-state index in [9.17, 15) is 5.11 Å². The van der Waals surface area contributed by atoms with Gasteiger partial charge >= 0.3 is 0 Å². The summed E-state index contributed by atoms with van der Waals surface area (Å²) in [5.74, 6) is 0. The van der Waals surface area contributed by atoms with Gasteiger partial charge in [-0.25, -0.2) is 0 Å². The number of likely N-dealkylation sites (N-methyl/N-ethyl adjacent to an activating group) is 1. The van der Waals surface area contributed by atoms with Crippen LogP contribution in [0.3, 0.4) is 0 Å². The van der Waals surface area contributed by atoms with Gasteiger partial charge in [-0.1, -0.05) is 29.8 Å². The Morgan fingerprint density at radius 2 is 2.11 bits per heavy atom. The van der Waals surface area contributed by atoms with E-state index in [1.807, 2.05) is 20.0 Å². The van der Waals surface area contributed by atoms with Crippen molar-refractivity contribution in [1.29, 1.82) is 0 Å². The van der Waals surface area contributed by atoms with Crippen LogP contribution in [0.4, 0.5) is 0 Å². The van der Waals surface area contributed by atoms with Crippen LogP contribution in [0.25, 0.3) is 0 Å². The van der Waals surface area contributed by atoms with Crippen LogP contribution >= 0.6 is 0 Å². The lowest BCUT2D eigenvalue weighted by Gasteiger charge is -2.33. The summed E-state index contributed by atoms with van der Waals surface area (Å²) in [6.07, 6.45) is -0.499. The van der Waals surface area contributed by atoms with E-state index in [1.54, 1.807) is 7.11 Å². The average molecular weight is 266 g/mol. The number of aryl methyl sites for hydroxylation is 1. The van der Waals surface area contributed by atoms with E-state index in [2.05, 4.69) is 30.0 Å². The van der Waals surface area contributed by atoms with Crippen molar-refractivity contribution in [3.05, 3.63) is 35.4 Å². The van der Waals surface area contributed by atoms with E-state index in [0.29, 0.717) is 13.2 Å². The fraction of sp³-hybridized carbons (Fsp3) is 0.600. The number of nitrogens with zero attached hydrogens (tertiary/aromatic N) is 1. The maximum absolute atomic E-state index is 9.84. The summed E-state index contributed by atoms with van der Waals surface area (Å²) >= 11 is 0. The van der Waals surface area contributed by atoms with Crippen LogP contribution in [-0.4, -0.2) is 49.5 Å². The minimum absolute atomic E-state index is 0.0125. The maximum Gasteiger partial charge on any atom is 0.0900 e. The molecule has 4 nitrogen and oxygen atoms in total. The molecule has 0 amide bonds. The molecule has 0 saturated carbocycles. The zero-order valence-electron chi connectivity index (χ0n) is 12.3. The first-order valence-electron chi connectivity index (χ1n) is 6.65. The van der Waals surface area contributed by atoms with E-state index in [4.69, 9.17) is 10.5 Å². The van der Waals surface area contributed by atoms with Crippen molar-refractivity contribution < 1.29 is 9.84 Å². The molecular weight excluding hydrogens is 240 g/mol. The minimum Gasteiger partial charge on any atom is -0.389 e. The van der Waals surface area contributed by atoms with Gasteiger partial charge in [0.25, 0.3) is 0 Å². The smallest absolute Gasteiger partial charge is 0.0900 e. The second kappa shape index (κ2) is 7.60. The molecule has 1 rings (SSSR count). The van der Waals surface area contributed by atoms with Crippen molar-refractivity contribution in [3.8, 4) is 0 Å². The van der Waals surface area contributed by atoms with Gasteiger partial charge in [-0.3, -0.25) is 4.90 Å². The monoisotopic (exact) mass is 266 g/mol. The molecule has 3 atom stereocenters. The second-order valence-corrected chi connectivity index (χ2v) is 5.27. The molecule has 108 valence electrons. The predicted octanol–water partition coefficient (Wildman–Crippen LogP) is 1.32. The zero-order valence-corrected chi connectivity index (χ0v) is 12.3. The summed E-state index contributed by atoms with van der Waals surface area (Å²) in [4.78, 5) is 2.09. The van der Waals surface area contributed by atoms with E-state index in [0.717, 1.165) is 0 Å². The third-order valence-electron chi connectivity index (χ3n) is 3.21. The molecule has 1 aromatic rings. The lowest BCUT2D eigenvalue weighted by molar-refractivity contribution is 0.0317. The van der Waals surface area contributed by atoms with Crippen molar-refractivity contribution in [2.75, 3.05) is 27.3 Å². The second-order valence-electron chi connectivity index (χ2n) is 5.27. The number of hydrogen-bond donors (Lipinski definition) is 2. The summed E-state index contributed by atoms with van der Waals surface area (Å²) in [5.41, 5.74) is 8.51. The first kappa shape index (κ1) is 16.1. The van der Waals surface area contributed by atoms with Gasteiger partial charge in [0.1, 0.15) is 0 Å². The minimum atomic E-state index is -0.499. The number of aliphatic hydroxyl groups is 1. The Morgan fingerprint density at radius 3 is 2.63 bits per heavy atom. The molecule has 0 spiro atoms. The van der Waals surface area contributed by atoms with Gasteiger partial charge in [0.2, 0.25) is 0 Å². The third kappa shape index (κ3) is 4.91. The molecule has 4 heteroatoms. The molecule has 0 radical (unpaired) electrons. The Bertz CT molecular complexity index is 382. The highest BCUT2D eigenvalue weighted by atomic mass is 16.5. The largest absolute Gasteiger partial charge is 0.389 e. The quantitative estimate of drug-likeness (QED) is 0.781. The highest BCUT2D eigenvalue weighted by Gasteiger charge is 2.23. The molecular formula is C15H26N2O2. The van der Waals surface area contributed by atoms with Crippen LogP contribution in [0.15, 0.2) is 24.3 Å². The molecule has 0 bridgehead atoms. The lowest BCUT2D eigenvalue weighted by atomic mass is 9.98. The van der Waals surface area contributed by atoms with Crippen LogP contribution in [0.1, 0.15) is 24.1 Å². The number of nitrogens with two attached hydrogens (primary N) is 1. The maximum atomic E-state index is 9.84. The number of ether oxygens (including phenoxy) is 1. The average Bonchev–Trinajstić information content (AvgIpc) is 2.28. The summed E-state index contributed by atoms with van der Waals surface area (Å²) in [6.45, 7) is 4.94. The van der Waals surface area contributed by atoms with Crippen molar-refractivity contribution in [2.24, 2.45) is 5.73 Å². The molecule has 0 aliphatic rings. The van der Waals surface area contributed by atoms with E-state index in [-0.39, 0.29) is 12.1 Å². The molecule has 0 aliphatic carbocycles. The third-order valence-corrected chi connectivity index (χ3v) is 3.21.